The van der Waals surface area contributed by atoms with Crippen LogP contribution in [0.2, 0.25) is 0 Å². The van der Waals surface area contributed by atoms with Gasteiger partial charge in [-0.25, -0.2) is 0 Å². The minimum atomic E-state index is -0.698. The SMILES string of the molecule is CCCCN(C)C[C@@H]1OC[C@H](NC(=O)c2ccc(OC)cc2)[C@H]1O. The second-order valence-corrected chi connectivity index (χ2v) is 6.29. The van der Waals surface area contributed by atoms with E-state index in [0.717, 1.165) is 19.4 Å². The Kier molecular flexibility index (Phi) is 7.02. The Hall–Kier alpha value is -1.63. The van der Waals surface area contributed by atoms with Gasteiger partial charge in [0.25, 0.3) is 5.91 Å². The molecule has 1 amide bonds. The van der Waals surface area contributed by atoms with Crippen LogP contribution in [0.1, 0.15) is 30.1 Å². The Labute approximate surface area is 143 Å². The smallest absolute Gasteiger partial charge is 0.251 e. The Morgan fingerprint density at radius 3 is 2.75 bits per heavy atom. The predicted molar refractivity (Wildman–Crippen MR) is 92.4 cm³/mol. The number of carbonyl (C=O) groups is 1. The van der Waals surface area contributed by atoms with Crippen molar-refractivity contribution in [3.8, 4) is 5.75 Å². The summed E-state index contributed by atoms with van der Waals surface area (Å²) in [6, 6.07) is 6.49. The summed E-state index contributed by atoms with van der Waals surface area (Å²) < 4.78 is 10.8. The van der Waals surface area contributed by atoms with E-state index in [4.69, 9.17) is 9.47 Å². The van der Waals surface area contributed by atoms with E-state index in [1.54, 1.807) is 31.4 Å². The van der Waals surface area contributed by atoms with E-state index in [1.807, 2.05) is 7.05 Å². The van der Waals surface area contributed by atoms with Crippen molar-refractivity contribution in [1.29, 1.82) is 0 Å². The lowest BCUT2D eigenvalue weighted by Gasteiger charge is -2.23. The lowest BCUT2D eigenvalue weighted by molar-refractivity contribution is 0.0199. The van der Waals surface area contributed by atoms with Crippen molar-refractivity contribution in [3.05, 3.63) is 29.8 Å². The predicted octanol–water partition coefficient (Wildman–Crippen LogP) is 1.29. The number of hydrogen-bond donors (Lipinski definition) is 2. The average Bonchev–Trinajstić information content (AvgIpc) is 2.93. The molecule has 0 aromatic heterocycles. The first kappa shape index (κ1) is 18.7. The number of benzene rings is 1. The first-order valence-electron chi connectivity index (χ1n) is 8.48. The van der Waals surface area contributed by atoms with E-state index >= 15 is 0 Å². The minimum Gasteiger partial charge on any atom is -0.497 e. The lowest BCUT2D eigenvalue weighted by Crippen LogP contribution is -2.46. The van der Waals surface area contributed by atoms with Crippen LogP contribution in [0.3, 0.4) is 0 Å². The average molecular weight is 336 g/mol. The van der Waals surface area contributed by atoms with Gasteiger partial charge in [-0.05, 0) is 44.3 Å². The van der Waals surface area contributed by atoms with Crippen molar-refractivity contribution in [2.75, 3.05) is 33.9 Å². The number of hydrogen-bond acceptors (Lipinski definition) is 5. The van der Waals surface area contributed by atoms with Crippen LogP contribution in [0.4, 0.5) is 0 Å². The van der Waals surface area contributed by atoms with Crippen molar-refractivity contribution in [2.45, 2.75) is 38.0 Å². The first-order chi connectivity index (χ1) is 11.5. The molecule has 6 nitrogen and oxygen atoms in total. The van der Waals surface area contributed by atoms with E-state index in [1.165, 1.54) is 0 Å². The molecule has 0 unspecified atom stereocenters. The van der Waals surface area contributed by atoms with E-state index in [-0.39, 0.29) is 18.1 Å². The molecule has 0 bridgehead atoms. The zero-order valence-corrected chi connectivity index (χ0v) is 14.7. The van der Waals surface area contributed by atoms with E-state index in [0.29, 0.717) is 24.5 Å². The number of unbranched alkanes of at least 4 members (excludes halogenated alkanes) is 1. The molecule has 0 aliphatic carbocycles. The third-order valence-corrected chi connectivity index (χ3v) is 4.34. The molecule has 1 aromatic carbocycles. The molecule has 2 rings (SSSR count). The summed E-state index contributed by atoms with van der Waals surface area (Å²) in [4.78, 5) is 14.4. The Morgan fingerprint density at radius 1 is 1.42 bits per heavy atom. The van der Waals surface area contributed by atoms with Gasteiger partial charge in [0.1, 0.15) is 11.9 Å². The summed E-state index contributed by atoms with van der Waals surface area (Å²) in [7, 11) is 3.61. The first-order valence-corrected chi connectivity index (χ1v) is 8.48. The number of carbonyl (C=O) groups excluding carboxylic acids is 1. The third-order valence-electron chi connectivity index (χ3n) is 4.34. The van der Waals surface area contributed by atoms with Gasteiger partial charge in [0.2, 0.25) is 0 Å². The molecular formula is C18H28N2O4. The summed E-state index contributed by atoms with van der Waals surface area (Å²) in [5, 5.41) is 13.3. The minimum absolute atomic E-state index is 0.217. The second kappa shape index (κ2) is 9.01. The van der Waals surface area contributed by atoms with Crippen LogP contribution in [-0.4, -0.2) is 68.0 Å². The van der Waals surface area contributed by atoms with Gasteiger partial charge in [0.05, 0.1) is 25.9 Å². The van der Waals surface area contributed by atoms with Crippen LogP contribution in [0, 0.1) is 0 Å². The van der Waals surface area contributed by atoms with Crippen LogP contribution in [0.5, 0.6) is 5.75 Å². The fourth-order valence-electron chi connectivity index (χ4n) is 2.79. The summed E-state index contributed by atoms with van der Waals surface area (Å²) in [5.41, 5.74) is 0.534. The van der Waals surface area contributed by atoms with Crippen molar-refractivity contribution in [2.24, 2.45) is 0 Å². The molecule has 0 saturated carbocycles. The number of nitrogens with zero attached hydrogens (tertiary/aromatic N) is 1. The van der Waals surface area contributed by atoms with Gasteiger partial charge in [0.15, 0.2) is 0 Å². The molecule has 0 spiro atoms. The molecule has 3 atom stereocenters. The van der Waals surface area contributed by atoms with E-state index in [9.17, 15) is 9.90 Å². The molecule has 24 heavy (non-hydrogen) atoms. The highest BCUT2D eigenvalue weighted by Crippen LogP contribution is 2.17. The molecule has 1 aliphatic rings. The van der Waals surface area contributed by atoms with Gasteiger partial charge in [-0.1, -0.05) is 13.3 Å². The number of rotatable bonds is 8. The van der Waals surface area contributed by atoms with E-state index in [2.05, 4.69) is 17.1 Å². The fraction of sp³-hybridized carbons (Fsp3) is 0.611. The highest BCUT2D eigenvalue weighted by molar-refractivity contribution is 5.94. The highest BCUT2D eigenvalue weighted by Gasteiger charge is 2.37. The van der Waals surface area contributed by atoms with Gasteiger partial charge in [0, 0.05) is 12.1 Å². The normalized spacial score (nSPS) is 23.5. The molecule has 1 saturated heterocycles. The summed E-state index contributed by atoms with van der Waals surface area (Å²) in [6.45, 7) is 4.12. The monoisotopic (exact) mass is 336 g/mol. The van der Waals surface area contributed by atoms with Crippen LogP contribution in [-0.2, 0) is 4.74 Å². The topological polar surface area (TPSA) is 71.0 Å². The summed E-state index contributed by atoms with van der Waals surface area (Å²) in [5.74, 6) is 0.483. The number of nitrogens with one attached hydrogen (secondary N) is 1. The maximum absolute atomic E-state index is 12.3. The van der Waals surface area contributed by atoms with Gasteiger partial charge in [-0.2, -0.15) is 0 Å². The number of methoxy groups -OCH3 is 1. The number of amides is 1. The zero-order valence-electron chi connectivity index (χ0n) is 14.7. The van der Waals surface area contributed by atoms with Gasteiger partial charge >= 0.3 is 0 Å². The Balaban J connectivity index is 1.85. The van der Waals surface area contributed by atoms with Crippen LogP contribution in [0.25, 0.3) is 0 Å². The molecule has 6 heteroatoms. The molecule has 134 valence electrons. The van der Waals surface area contributed by atoms with Crippen molar-refractivity contribution in [1.82, 2.24) is 10.2 Å². The molecule has 0 radical (unpaired) electrons. The lowest BCUT2D eigenvalue weighted by atomic mass is 10.1. The van der Waals surface area contributed by atoms with Gasteiger partial charge in [-0.3, -0.25) is 4.79 Å². The maximum atomic E-state index is 12.3. The van der Waals surface area contributed by atoms with Crippen molar-refractivity contribution in [3.63, 3.8) is 0 Å². The second-order valence-electron chi connectivity index (χ2n) is 6.29. The van der Waals surface area contributed by atoms with Crippen molar-refractivity contribution < 1.29 is 19.4 Å². The van der Waals surface area contributed by atoms with Crippen LogP contribution in [0.15, 0.2) is 24.3 Å². The number of aliphatic hydroxyl groups excluding tert-OH is 1. The molecule has 2 N–H and O–H groups in total. The molecule has 1 aromatic rings. The highest BCUT2D eigenvalue weighted by atomic mass is 16.5. The molecule has 1 aliphatic heterocycles. The molecular weight excluding hydrogens is 308 g/mol. The fourth-order valence-corrected chi connectivity index (χ4v) is 2.79. The third kappa shape index (κ3) is 4.93. The molecule has 1 fully saturated rings. The number of aliphatic hydroxyl groups is 1. The standard InChI is InChI=1S/C18H28N2O4/c1-4-5-10-20(2)11-16-17(21)15(12-24-16)19-18(22)13-6-8-14(23-3)9-7-13/h6-9,15-17,21H,4-5,10-12H2,1-3H3,(H,19,22)/t15-,16-,17+/m0/s1. The largest absolute Gasteiger partial charge is 0.497 e. The Bertz CT molecular complexity index is 520. The van der Waals surface area contributed by atoms with Gasteiger partial charge < -0.3 is 24.8 Å². The maximum Gasteiger partial charge on any atom is 0.251 e. The summed E-state index contributed by atoms with van der Waals surface area (Å²) >= 11 is 0. The number of likely N-dealkylation sites (N-methyl/N-ethyl adjacent to an activating group) is 1. The quantitative estimate of drug-likeness (QED) is 0.748. The number of ether oxygens (including phenoxy) is 2. The van der Waals surface area contributed by atoms with Crippen LogP contribution < -0.4 is 10.1 Å². The summed E-state index contributed by atoms with van der Waals surface area (Å²) in [6.07, 6.45) is 1.29. The van der Waals surface area contributed by atoms with Gasteiger partial charge in [-0.15, -0.1) is 0 Å². The Morgan fingerprint density at radius 2 is 2.12 bits per heavy atom. The zero-order chi connectivity index (χ0) is 17.5. The van der Waals surface area contributed by atoms with Crippen molar-refractivity contribution >= 4 is 5.91 Å². The van der Waals surface area contributed by atoms with Crippen LogP contribution >= 0.6 is 0 Å². The molecule has 1 heterocycles. The van der Waals surface area contributed by atoms with E-state index < -0.39 is 6.10 Å².